The Labute approximate surface area is 234 Å². The molecule has 1 aliphatic carbocycles. The maximum absolute atomic E-state index is 13.9. The van der Waals surface area contributed by atoms with E-state index in [-0.39, 0.29) is 31.0 Å². The van der Waals surface area contributed by atoms with E-state index >= 15 is 0 Å². The van der Waals surface area contributed by atoms with Crippen LogP contribution in [0.25, 0.3) is 10.8 Å². The van der Waals surface area contributed by atoms with Gasteiger partial charge < -0.3 is 15.0 Å². The monoisotopic (exact) mass is 540 g/mol. The van der Waals surface area contributed by atoms with Crippen LogP contribution in [0.3, 0.4) is 0 Å². The number of ether oxygens (including phenoxy) is 1. The van der Waals surface area contributed by atoms with E-state index in [0.29, 0.717) is 17.2 Å². The van der Waals surface area contributed by atoms with E-state index in [1.807, 2.05) is 84.9 Å². The molecule has 1 atom stereocenters. The Morgan fingerprint density at radius 1 is 0.846 bits per heavy atom. The molecule has 1 fully saturated rings. The molecular weight excluding hydrogens is 508 g/mol. The molecule has 200 valence electrons. The summed E-state index contributed by atoms with van der Waals surface area (Å²) in [4.78, 5) is 29.3. The molecule has 1 aliphatic rings. The second-order valence-corrected chi connectivity index (χ2v) is 10.5. The number of nitrogens with zero attached hydrogens (tertiary/aromatic N) is 1. The summed E-state index contributed by atoms with van der Waals surface area (Å²) < 4.78 is 6.09. The van der Waals surface area contributed by atoms with Crippen LogP contribution in [-0.2, 0) is 22.6 Å². The summed E-state index contributed by atoms with van der Waals surface area (Å²) >= 11 is 6.13. The summed E-state index contributed by atoms with van der Waals surface area (Å²) in [7, 11) is 0. The van der Waals surface area contributed by atoms with E-state index < -0.39 is 6.04 Å². The summed E-state index contributed by atoms with van der Waals surface area (Å²) in [6.07, 6.45) is 4.58. The van der Waals surface area contributed by atoms with Crippen LogP contribution in [-0.4, -0.2) is 35.4 Å². The van der Waals surface area contributed by atoms with Crippen LogP contribution in [0.15, 0.2) is 97.1 Å². The molecule has 0 unspecified atom stereocenters. The number of nitrogens with one attached hydrogen (secondary N) is 1. The molecule has 0 aliphatic heterocycles. The third-order valence-electron chi connectivity index (χ3n) is 7.34. The van der Waals surface area contributed by atoms with E-state index in [4.69, 9.17) is 16.3 Å². The summed E-state index contributed by atoms with van der Waals surface area (Å²) in [5, 5.41) is 5.84. The highest BCUT2D eigenvalue weighted by atomic mass is 35.5. The number of rotatable bonds is 10. The molecule has 39 heavy (non-hydrogen) atoms. The Morgan fingerprint density at radius 2 is 1.54 bits per heavy atom. The van der Waals surface area contributed by atoms with Crippen molar-refractivity contribution in [3.05, 3.63) is 113 Å². The van der Waals surface area contributed by atoms with Crippen molar-refractivity contribution in [2.24, 2.45) is 0 Å². The first-order chi connectivity index (χ1) is 19.1. The molecule has 1 saturated carbocycles. The van der Waals surface area contributed by atoms with Crippen molar-refractivity contribution in [3.8, 4) is 5.75 Å². The number of fused-ring (bicyclic) bond motifs is 1. The molecule has 0 bridgehead atoms. The molecule has 0 saturated heterocycles. The molecule has 0 radical (unpaired) electrons. The van der Waals surface area contributed by atoms with Gasteiger partial charge in [0.25, 0.3) is 5.91 Å². The molecule has 6 heteroatoms. The standard InChI is InChI=1S/C33H33ClN2O3/c34-27-19-17-25(18-20-27)22-36(32(37)23-39-31-16-8-12-26-11-4-7-15-29(26)31)30(21-24-9-2-1-3-10-24)33(38)35-28-13-5-6-14-28/h1-4,7-12,15-20,28,30H,5-6,13-14,21-23H2,(H,35,38)/t30-/m1/s1. The van der Waals surface area contributed by atoms with Gasteiger partial charge in [0.05, 0.1) is 0 Å². The fourth-order valence-corrected chi connectivity index (χ4v) is 5.38. The molecule has 4 aromatic rings. The predicted octanol–water partition coefficient (Wildman–Crippen LogP) is 6.57. The number of benzene rings is 4. The minimum Gasteiger partial charge on any atom is -0.483 e. The van der Waals surface area contributed by atoms with Crippen molar-refractivity contribution < 1.29 is 14.3 Å². The quantitative estimate of drug-likeness (QED) is 0.247. The average molecular weight is 541 g/mol. The zero-order valence-corrected chi connectivity index (χ0v) is 22.6. The van der Waals surface area contributed by atoms with E-state index in [2.05, 4.69) is 5.32 Å². The third-order valence-corrected chi connectivity index (χ3v) is 7.59. The Balaban J connectivity index is 1.43. The largest absolute Gasteiger partial charge is 0.483 e. The first-order valence-corrected chi connectivity index (χ1v) is 13.9. The first kappa shape index (κ1) is 26.8. The molecule has 0 heterocycles. The van der Waals surface area contributed by atoms with E-state index in [9.17, 15) is 9.59 Å². The van der Waals surface area contributed by atoms with Gasteiger partial charge in [-0.2, -0.15) is 0 Å². The van der Waals surface area contributed by atoms with Gasteiger partial charge in [0.2, 0.25) is 5.91 Å². The highest BCUT2D eigenvalue weighted by molar-refractivity contribution is 6.30. The van der Waals surface area contributed by atoms with Crippen LogP contribution in [0, 0.1) is 0 Å². The molecule has 0 spiro atoms. The van der Waals surface area contributed by atoms with Crippen molar-refractivity contribution in [2.75, 3.05) is 6.61 Å². The Morgan fingerprint density at radius 3 is 2.31 bits per heavy atom. The lowest BCUT2D eigenvalue weighted by atomic mass is 10.0. The Kier molecular flexibility index (Phi) is 8.79. The van der Waals surface area contributed by atoms with Gasteiger partial charge in [-0.15, -0.1) is 0 Å². The predicted molar refractivity (Wildman–Crippen MR) is 156 cm³/mol. The van der Waals surface area contributed by atoms with Gasteiger partial charge in [-0.1, -0.05) is 103 Å². The maximum atomic E-state index is 13.9. The lowest BCUT2D eigenvalue weighted by molar-refractivity contribution is -0.143. The smallest absolute Gasteiger partial charge is 0.261 e. The SMILES string of the molecule is O=C(NC1CCCC1)[C@@H](Cc1ccccc1)N(Cc1ccc(Cl)cc1)C(=O)COc1cccc2ccccc12. The molecule has 2 amide bonds. The molecule has 1 N–H and O–H groups in total. The van der Waals surface area contributed by atoms with Crippen LogP contribution in [0.5, 0.6) is 5.75 Å². The van der Waals surface area contributed by atoms with Crippen molar-refractivity contribution in [1.82, 2.24) is 10.2 Å². The highest BCUT2D eigenvalue weighted by Gasteiger charge is 2.32. The van der Waals surface area contributed by atoms with Crippen molar-refractivity contribution in [3.63, 3.8) is 0 Å². The van der Waals surface area contributed by atoms with Gasteiger partial charge in [0.1, 0.15) is 11.8 Å². The van der Waals surface area contributed by atoms with Gasteiger partial charge in [-0.05, 0) is 47.6 Å². The summed E-state index contributed by atoms with van der Waals surface area (Å²) in [6.45, 7) is 0.0914. The number of hydrogen-bond donors (Lipinski definition) is 1. The average Bonchev–Trinajstić information content (AvgIpc) is 3.48. The topological polar surface area (TPSA) is 58.6 Å². The molecule has 4 aromatic carbocycles. The van der Waals surface area contributed by atoms with Crippen LogP contribution in [0.2, 0.25) is 5.02 Å². The normalized spacial score (nSPS) is 14.2. The van der Waals surface area contributed by atoms with E-state index in [1.165, 1.54) is 0 Å². The maximum Gasteiger partial charge on any atom is 0.261 e. The molecule has 5 nitrogen and oxygen atoms in total. The first-order valence-electron chi connectivity index (χ1n) is 13.6. The summed E-state index contributed by atoms with van der Waals surface area (Å²) in [6, 6.07) is 30.4. The van der Waals surface area contributed by atoms with E-state index in [0.717, 1.165) is 47.6 Å². The van der Waals surface area contributed by atoms with E-state index in [1.54, 1.807) is 17.0 Å². The second kappa shape index (κ2) is 12.8. The van der Waals surface area contributed by atoms with Gasteiger partial charge in [0.15, 0.2) is 6.61 Å². The summed E-state index contributed by atoms with van der Waals surface area (Å²) in [5.74, 6) is 0.265. The highest BCUT2D eigenvalue weighted by Crippen LogP contribution is 2.26. The Bertz CT molecular complexity index is 1400. The fraction of sp³-hybridized carbons (Fsp3) is 0.273. The number of halogens is 1. The molecular formula is C33H33ClN2O3. The second-order valence-electron chi connectivity index (χ2n) is 10.1. The Hall–Kier alpha value is -3.83. The van der Waals surface area contributed by atoms with Gasteiger partial charge in [-0.25, -0.2) is 0 Å². The summed E-state index contributed by atoms with van der Waals surface area (Å²) in [5.41, 5.74) is 1.89. The number of carbonyl (C=O) groups excluding carboxylic acids is 2. The van der Waals surface area contributed by atoms with Gasteiger partial charge in [-0.3, -0.25) is 9.59 Å². The van der Waals surface area contributed by atoms with Crippen molar-refractivity contribution in [1.29, 1.82) is 0 Å². The molecule has 0 aromatic heterocycles. The van der Waals surface area contributed by atoms with Crippen LogP contribution < -0.4 is 10.1 Å². The minimum atomic E-state index is -0.688. The lowest BCUT2D eigenvalue weighted by Gasteiger charge is -2.32. The minimum absolute atomic E-state index is 0.127. The van der Waals surface area contributed by atoms with Gasteiger partial charge in [0, 0.05) is 29.4 Å². The molecule has 5 rings (SSSR count). The number of amides is 2. The van der Waals surface area contributed by atoms with Crippen LogP contribution >= 0.6 is 11.6 Å². The van der Waals surface area contributed by atoms with Crippen molar-refractivity contribution >= 4 is 34.2 Å². The zero-order chi connectivity index (χ0) is 27.0. The zero-order valence-electron chi connectivity index (χ0n) is 21.9. The lowest BCUT2D eigenvalue weighted by Crippen LogP contribution is -2.53. The number of hydrogen-bond acceptors (Lipinski definition) is 3. The fourth-order valence-electron chi connectivity index (χ4n) is 5.25. The van der Waals surface area contributed by atoms with Crippen LogP contribution in [0.1, 0.15) is 36.8 Å². The van der Waals surface area contributed by atoms with Crippen LogP contribution in [0.4, 0.5) is 0 Å². The number of carbonyl (C=O) groups is 2. The third kappa shape index (κ3) is 6.98. The van der Waals surface area contributed by atoms with Crippen molar-refractivity contribution in [2.45, 2.75) is 50.7 Å². The van der Waals surface area contributed by atoms with Gasteiger partial charge >= 0.3 is 0 Å².